The zero-order chi connectivity index (χ0) is 9.97. The minimum absolute atomic E-state index is 0.0792. The van der Waals surface area contributed by atoms with Gasteiger partial charge in [-0.15, -0.1) is 0 Å². The standard InChI is InChI=1S/C11H11NOS/c1-9-2-4-10(5-3-9)8-12-11(13)6-7-14-12/h2-7H,8H2,1H3. The highest BCUT2D eigenvalue weighted by Gasteiger charge is 1.97. The monoisotopic (exact) mass is 205 g/mol. The molecule has 0 radical (unpaired) electrons. The molecule has 3 heteroatoms. The Morgan fingerprint density at radius 2 is 1.93 bits per heavy atom. The van der Waals surface area contributed by atoms with Crippen LogP contribution in [0.3, 0.4) is 0 Å². The van der Waals surface area contributed by atoms with Gasteiger partial charge in [-0.2, -0.15) is 0 Å². The summed E-state index contributed by atoms with van der Waals surface area (Å²) in [5, 5.41) is 1.82. The summed E-state index contributed by atoms with van der Waals surface area (Å²) < 4.78 is 1.74. The molecule has 0 unspecified atom stereocenters. The van der Waals surface area contributed by atoms with Gasteiger partial charge in [0.05, 0.1) is 6.54 Å². The summed E-state index contributed by atoms with van der Waals surface area (Å²) in [5.74, 6) is 0. The average molecular weight is 205 g/mol. The lowest BCUT2D eigenvalue weighted by Gasteiger charge is -2.01. The fourth-order valence-corrected chi connectivity index (χ4v) is 1.98. The van der Waals surface area contributed by atoms with Crippen LogP contribution in [0.5, 0.6) is 0 Å². The quantitative estimate of drug-likeness (QED) is 0.737. The second kappa shape index (κ2) is 3.80. The van der Waals surface area contributed by atoms with Gasteiger partial charge in [-0.05, 0) is 12.5 Å². The van der Waals surface area contributed by atoms with E-state index in [1.54, 1.807) is 10.0 Å². The summed E-state index contributed by atoms with van der Waals surface area (Å²) in [6.45, 7) is 2.73. The molecule has 0 N–H and O–H groups in total. The van der Waals surface area contributed by atoms with Crippen LogP contribution in [0.25, 0.3) is 0 Å². The summed E-state index contributed by atoms with van der Waals surface area (Å²) in [7, 11) is 0. The first kappa shape index (κ1) is 9.21. The van der Waals surface area contributed by atoms with Crippen molar-refractivity contribution in [1.82, 2.24) is 3.96 Å². The lowest BCUT2D eigenvalue weighted by Crippen LogP contribution is -2.12. The van der Waals surface area contributed by atoms with Gasteiger partial charge in [0.25, 0.3) is 5.56 Å². The molecule has 2 aromatic rings. The Kier molecular flexibility index (Phi) is 2.50. The Labute approximate surface area is 86.6 Å². The van der Waals surface area contributed by atoms with Gasteiger partial charge >= 0.3 is 0 Å². The fourth-order valence-electron chi connectivity index (χ4n) is 1.27. The fraction of sp³-hybridized carbons (Fsp3) is 0.182. The lowest BCUT2D eigenvalue weighted by atomic mass is 10.1. The maximum atomic E-state index is 11.3. The molecular weight excluding hydrogens is 194 g/mol. The molecule has 1 heterocycles. The average Bonchev–Trinajstić information content (AvgIpc) is 2.56. The van der Waals surface area contributed by atoms with Crippen LogP contribution in [-0.2, 0) is 6.54 Å². The number of aromatic nitrogens is 1. The van der Waals surface area contributed by atoms with Crippen molar-refractivity contribution in [1.29, 1.82) is 0 Å². The lowest BCUT2D eigenvalue weighted by molar-refractivity contribution is 0.849. The van der Waals surface area contributed by atoms with Crippen LogP contribution < -0.4 is 5.56 Å². The molecule has 1 aromatic heterocycles. The predicted octanol–water partition coefficient (Wildman–Crippen LogP) is 2.27. The zero-order valence-corrected chi connectivity index (χ0v) is 8.75. The minimum atomic E-state index is 0.0792. The summed E-state index contributed by atoms with van der Waals surface area (Å²) in [5.41, 5.74) is 2.49. The Morgan fingerprint density at radius 3 is 2.50 bits per heavy atom. The van der Waals surface area contributed by atoms with Crippen LogP contribution in [0, 0.1) is 6.92 Å². The topological polar surface area (TPSA) is 22.0 Å². The van der Waals surface area contributed by atoms with Crippen LogP contribution >= 0.6 is 11.5 Å². The highest BCUT2D eigenvalue weighted by molar-refractivity contribution is 7.04. The molecule has 14 heavy (non-hydrogen) atoms. The van der Waals surface area contributed by atoms with Gasteiger partial charge in [0.1, 0.15) is 0 Å². The molecule has 2 nitrogen and oxygen atoms in total. The molecule has 1 aromatic carbocycles. The van der Waals surface area contributed by atoms with Crippen molar-refractivity contribution in [3.63, 3.8) is 0 Å². The van der Waals surface area contributed by atoms with Crippen molar-refractivity contribution in [2.75, 3.05) is 0 Å². The molecule has 0 aliphatic carbocycles. The van der Waals surface area contributed by atoms with Crippen LogP contribution in [0.1, 0.15) is 11.1 Å². The Bertz CT molecular complexity index is 467. The minimum Gasteiger partial charge on any atom is -0.268 e. The molecule has 0 fully saturated rings. The summed E-state index contributed by atoms with van der Waals surface area (Å²) in [4.78, 5) is 11.3. The smallest absolute Gasteiger partial charge is 0.260 e. The van der Waals surface area contributed by atoms with E-state index in [0.29, 0.717) is 6.54 Å². The molecule has 0 amide bonds. The van der Waals surface area contributed by atoms with Crippen LogP contribution in [-0.4, -0.2) is 3.96 Å². The second-order valence-electron chi connectivity index (χ2n) is 3.27. The summed E-state index contributed by atoms with van der Waals surface area (Å²) in [6, 6.07) is 9.84. The molecule has 0 atom stereocenters. The number of aryl methyl sites for hydroxylation is 1. The van der Waals surface area contributed by atoms with Gasteiger partial charge < -0.3 is 0 Å². The van der Waals surface area contributed by atoms with E-state index in [1.807, 2.05) is 5.38 Å². The van der Waals surface area contributed by atoms with Crippen LogP contribution in [0.15, 0.2) is 40.5 Å². The van der Waals surface area contributed by atoms with E-state index in [0.717, 1.165) is 0 Å². The van der Waals surface area contributed by atoms with E-state index in [-0.39, 0.29) is 5.56 Å². The first-order valence-corrected chi connectivity index (χ1v) is 5.30. The van der Waals surface area contributed by atoms with Gasteiger partial charge in [-0.1, -0.05) is 41.4 Å². The van der Waals surface area contributed by atoms with Crippen molar-refractivity contribution < 1.29 is 0 Å². The molecule has 72 valence electrons. The number of hydrogen-bond donors (Lipinski definition) is 0. The van der Waals surface area contributed by atoms with E-state index in [1.165, 1.54) is 22.7 Å². The molecule has 0 bridgehead atoms. The maximum absolute atomic E-state index is 11.3. The van der Waals surface area contributed by atoms with Crippen LogP contribution in [0.2, 0.25) is 0 Å². The molecule has 2 rings (SSSR count). The third kappa shape index (κ3) is 1.93. The number of rotatable bonds is 2. The molecule has 0 aliphatic rings. The van der Waals surface area contributed by atoms with E-state index in [2.05, 4.69) is 31.2 Å². The van der Waals surface area contributed by atoms with Crippen molar-refractivity contribution in [2.45, 2.75) is 13.5 Å². The Hall–Kier alpha value is -1.35. The third-order valence-corrected chi connectivity index (χ3v) is 2.91. The van der Waals surface area contributed by atoms with Crippen molar-refractivity contribution in [2.24, 2.45) is 0 Å². The largest absolute Gasteiger partial charge is 0.268 e. The van der Waals surface area contributed by atoms with E-state index < -0.39 is 0 Å². The molecular formula is C11H11NOS. The third-order valence-electron chi connectivity index (χ3n) is 2.09. The van der Waals surface area contributed by atoms with Gasteiger partial charge in [0, 0.05) is 11.4 Å². The molecule has 0 saturated heterocycles. The van der Waals surface area contributed by atoms with E-state index in [4.69, 9.17) is 0 Å². The number of nitrogens with zero attached hydrogens (tertiary/aromatic N) is 1. The number of hydrogen-bond acceptors (Lipinski definition) is 2. The van der Waals surface area contributed by atoms with Gasteiger partial charge in [0.2, 0.25) is 0 Å². The first-order chi connectivity index (χ1) is 6.75. The summed E-state index contributed by atoms with van der Waals surface area (Å²) in [6.07, 6.45) is 0. The normalized spacial score (nSPS) is 10.4. The van der Waals surface area contributed by atoms with Crippen LogP contribution in [0.4, 0.5) is 0 Å². The van der Waals surface area contributed by atoms with Crippen molar-refractivity contribution in [3.05, 3.63) is 57.2 Å². The first-order valence-electron chi connectivity index (χ1n) is 4.46. The predicted molar refractivity (Wildman–Crippen MR) is 58.9 cm³/mol. The zero-order valence-electron chi connectivity index (χ0n) is 7.93. The molecule has 0 saturated carbocycles. The highest BCUT2D eigenvalue weighted by atomic mass is 32.1. The highest BCUT2D eigenvalue weighted by Crippen LogP contribution is 2.05. The van der Waals surface area contributed by atoms with Gasteiger partial charge in [-0.3, -0.25) is 8.75 Å². The Balaban J connectivity index is 2.23. The van der Waals surface area contributed by atoms with Gasteiger partial charge in [0.15, 0.2) is 0 Å². The number of benzene rings is 1. The van der Waals surface area contributed by atoms with Gasteiger partial charge in [-0.25, -0.2) is 0 Å². The molecule has 0 aliphatic heterocycles. The second-order valence-corrected chi connectivity index (χ2v) is 4.19. The van der Waals surface area contributed by atoms with E-state index >= 15 is 0 Å². The van der Waals surface area contributed by atoms with Crippen molar-refractivity contribution >= 4 is 11.5 Å². The molecule has 0 spiro atoms. The van der Waals surface area contributed by atoms with E-state index in [9.17, 15) is 4.79 Å². The SMILES string of the molecule is Cc1ccc(Cn2sccc2=O)cc1. The Morgan fingerprint density at radius 1 is 1.21 bits per heavy atom. The van der Waals surface area contributed by atoms with Crippen molar-refractivity contribution in [3.8, 4) is 0 Å². The summed E-state index contributed by atoms with van der Waals surface area (Å²) >= 11 is 1.45. The maximum Gasteiger partial charge on any atom is 0.260 e.